The van der Waals surface area contributed by atoms with E-state index in [4.69, 9.17) is 27.9 Å². The molecule has 3 aromatic rings. The van der Waals surface area contributed by atoms with Crippen LogP contribution < -0.4 is 15.4 Å². The Morgan fingerprint density at radius 2 is 1.71 bits per heavy atom. The number of carbonyl (C=O) groups excluding carboxylic acids is 2. The first-order valence-corrected chi connectivity index (χ1v) is 16.9. The highest BCUT2D eigenvalue weighted by Gasteiger charge is 2.40. The van der Waals surface area contributed by atoms with Gasteiger partial charge < -0.3 is 15.4 Å². The average molecular weight is 705 g/mol. The summed E-state index contributed by atoms with van der Waals surface area (Å²) in [5.41, 5.74) is 1.85. The largest absolute Gasteiger partial charge is 0.495 e. The molecule has 1 saturated carbocycles. The molecule has 0 heterocycles. The van der Waals surface area contributed by atoms with E-state index in [0.29, 0.717) is 34.9 Å². The Bertz CT molecular complexity index is 1470. The lowest BCUT2D eigenvalue weighted by Crippen LogP contribution is -2.31. The maximum atomic E-state index is 14.2. The lowest BCUT2D eigenvalue weighted by atomic mass is 9.78. The lowest BCUT2D eigenvalue weighted by Gasteiger charge is -2.26. The summed E-state index contributed by atoms with van der Waals surface area (Å²) in [7, 11) is 1.49. The predicted molar refractivity (Wildman–Crippen MR) is 193 cm³/mol. The second-order valence-corrected chi connectivity index (χ2v) is 13.2. The van der Waals surface area contributed by atoms with Crippen molar-refractivity contribution in [1.82, 2.24) is 5.32 Å². The van der Waals surface area contributed by atoms with E-state index >= 15 is 0 Å². The molecule has 48 heavy (non-hydrogen) atoms. The Hall–Kier alpha value is -3.67. The van der Waals surface area contributed by atoms with Crippen LogP contribution in [0.3, 0.4) is 0 Å². The molecule has 2 amide bonds. The van der Waals surface area contributed by atoms with Crippen LogP contribution in [0.5, 0.6) is 5.75 Å². The van der Waals surface area contributed by atoms with Gasteiger partial charge in [0.15, 0.2) is 0 Å². The van der Waals surface area contributed by atoms with Crippen LogP contribution in [0, 0.1) is 40.2 Å². The Balaban J connectivity index is 0.000000377. The van der Waals surface area contributed by atoms with Gasteiger partial charge in [-0.2, -0.15) is 5.26 Å². The number of ether oxygens (including phenoxy) is 1. The van der Waals surface area contributed by atoms with Gasteiger partial charge in [0, 0.05) is 17.5 Å². The average Bonchev–Trinajstić information content (AvgIpc) is 3.46. The van der Waals surface area contributed by atoms with E-state index in [0.717, 1.165) is 25.7 Å². The Labute approximate surface area is 295 Å². The van der Waals surface area contributed by atoms with Gasteiger partial charge in [-0.25, -0.2) is 8.78 Å². The van der Waals surface area contributed by atoms with Crippen LogP contribution in [0.25, 0.3) is 0 Å². The summed E-state index contributed by atoms with van der Waals surface area (Å²) in [5, 5.41) is 15.2. The van der Waals surface area contributed by atoms with E-state index in [1.165, 1.54) is 19.2 Å². The smallest absolute Gasteiger partial charge is 0.251 e. The van der Waals surface area contributed by atoms with Crippen molar-refractivity contribution < 1.29 is 23.1 Å². The number of carbonyl (C=O) groups is 2. The van der Waals surface area contributed by atoms with Crippen molar-refractivity contribution in [3.8, 4) is 11.8 Å². The number of rotatable bonds is 8. The van der Waals surface area contributed by atoms with Gasteiger partial charge in [0.1, 0.15) is 17.4 Å². The molecule has 0 radical (unpaired) electrons. The van der Waals surface area contributed by atoms with Crippen molar-refractivity contribution >= 4 is 41.2 Å². The number of benzene rings is 3. The fraction of sp³-hybridized carbons (Fsp3) is 0.447. The van der Waals surface area contributed by atoms with Crippen molar-refractivity contribution in [2.75, 3.05) is 12.4 Å². The van der Waals surface area contributed by atoms with E-state index in [1.807, 2.05) is 27.7 Å². The number of nitrogens with zero attached hydrogens (tertiary/aromatic N) is 1. The molecule has 4 unspecified atom stereocenters. The van der Waals surface area contributed by atoms with Crippen molar-refractivity contribution in [3.63, 3.8) is 0 Å². The quantitative estimate of drug-likeness (QED) is 0.228. The van der Waals surface area contributed by atoms with Crippen molar-refractivity contribution in [2.45, 2.75) is 86.1 Å². The number of nitriles is 1. The minimum atomic E-state index is -0.367. The minimum absolute atomic E-state index is 0.0222. The summed E-state index contributed by atoms with van der Waals surface area (Å²) in [5.74, 6) is -0.194. The van der Waals surface area contributed by atoms with Crippen LogP contribution in [-0.4, -0.2) is 25.5 Å². The summed E-state index contributed by atoms with van der Waals surface area (Å²) in [4.78, 5) is 22.3. The highest BCUT2D eigenvalue weighted by atomic mass is 35.5. The number of halogens is 4. The fourth-order valence-corrected chi connectivity index (χ4v) is 5.63. The van der Waals surface area contributed by atoms with Crippen molar-refractivity contribution in [1.29, 1.82) is 5.26 Å². The van der Waals surface area contributed by atoms with Crippen LogP contribution in [0.15, 0.2) is 60.7 Å². The van der Waals surface area contributed by atoms with E-state index in [1.54, 1.807) is 48.5 Å². The molecule has 4 rings (SSSR count). The summed E-state index contributed by atoms with van der Waals surface area (Å²) < 4.78 is 31.5. The molecule has 4 atom stereocenters. The molecule has 0 bridgehead atoms. The summed E-state index contributed by atoms with van der Waals surface area (Å²) in [6.45, 7) is 14.5. The maximum Gasteiger partial charge on any atom is 0.251 e. The van der Waals surface area contributed by atoms with Gasteiger partial charge in [-0.3, -0.25) is 9.59 Å². The first-order chi connectivity index (χ1) is 22.8. The number of hydrogen-bond acceptors (Lipinski definition) is 4. The molecule has 0 spiro atoms. The van der Waals surface area contributed by atoms with Crippen LogP contribution in [0.2, 0.25) is 10.0 Å². The third-order valence-electron chi connectivity index (χ3n) is 7.69. The molecule has 1 aliphatic rings. The molecule has 0 saturated heterocycles. The zero-order chi connectivity index (χ0) is 36.4. The Morgan fingerprint density at radius 3 is 2.23 bits per heavy atom. The van der Waals surface area contributed by atoms with Gasteiger partial charge in [0.25, 0.3) is 5.91 Å². The highest BCUT2D eigenvalue weighted by Crippen LogP contribution is 2.48. The lowest BCUT2D eigenvalue weighted by molar-refractivity contribution is -0.105. The molecule has 262 valence electrons. The molecule has 1 fully saturated rings. The molecule has 0 aliphatic heterocycles. The number of amides is 2. The number of anilines is 1. The second kappa shape index (κ2) is 21.3. The van der Waals surface area contributed by atoms with Gasteiger partial charge in [-0.1, -0.05) is 89.0 Å². The molecule has 10 heteroatoms. The van der Waals surface area contributed by atoms with Crippen LogP contribution >= 0.6 is 23.2 Å². The molecule has 2 N–H and O–H groups in total. The first kappa shape index (κ1) is 42.4. The van der Waals surface area contributed by atoms with Crippen LogP contribution in [-0.2, 0) is 4.79 Å². The Morgan fingerprint density at radius 1 is 1.06 bits per heavy atom. The minimum Gasteiger partial charge on any atom is -0.495 e. The summed E-state index contributed by atoms with van der Waals surface area (Å²) >= 11 is 11.2. The van der Waals surface area contributed by atoms with Crippen LogP contribution in [0.4, 0.5) is 14.5 Å². The van der Waals surface area contributed by atoms with E-state index in [-0.39, 0.29) is 50.9 Å². The molecule has 6 nitrogen and oxygen atoms in total. The number of hydrogen-bond donors (Lipinski definition) is 2. The third kappa shape index (κ3) is 13.4. The van der Waals surface area contributed by atoms with Gasteiger partial charge >= 0.3 is 0 Å². The topological polar surface area (TPSA) is 91.2 Å². The Kier molecular flexibility index (Phi) is 18.8. The highest BCUT2D eigenvalue weighted by molar-refractivity contribution is 6.31. The van der Waals surface area contributed by atoms with E-state index in [2.05, 4.69) is 37.5 Å². The monoisotopic (exact) mass is 703 g/mol. The molecule has 0 aromatic heterocycles. The van der Waals surface area contributed by atoms with Gasteiger partial charge in [0.2, 0.25) is 6.41 Å². The first-order valence-electron chi connectivity index (χ1n) is 16.2. The number of methoxy groups -OCH3 is 1. The summed E-state index contributed by atoms with van der Waals surface area (Å²) in [6, 6.07) is 18.6. The van der Waals surface area contributed by atoms with Crippen LogP contribution in [0.1, 0.15) is 96.0 Å². The van der Waals surface area contributed by atoms with E-state index in [9.17, 15) is 23.6 Å². The van der Waals surface area contributed by atoms with Gasteiger partial charge in [-0.05, 0) is 85.9 Å². The van der Waals surface area contributed by atoms with Gasteiger partial charge in [0.05, 0.1) is 34.8 Å². The zero-order valence-electron chi connectivity index (χ0n) is 29.2. The fourth-order valence-electron chi connectivity index (χ4n) is 5.31. The van der Waals surface area contributed by atoms with Gasteiger partial charge in [-0.15, -0.1) is 0 Å². The van der Waals surface area contributed by atoms with E-state index < -0.39 is 0 Å². The molecule has 1 aliphatic carbocycles. The van der Waals surface area contributed by atoms with Crippen molar-refractivity contribution in [2.24, 2.45) is 17.3 Å². The molecular weight excluding hydrogens is 655 g/mol. The SMILES string of the molecule is CC.CC(C)(C)CC1CCC(c2cccc(Cl)c2F)C1C#N.CCC(C)NC(=O)c1ccc(NC=O)c(OC)c1.Fc1ccccc1Cl. The normalized spacial score (nSPS) is 17.0. The third-order valence-corrected chi connectivity index (χ3v) is 8.29. The molecule has 3 aromatic carbocycles. The standard InChI is InChI=1S/C17H21ClFN.C13H18N2O3.C6H4ClF.C2H6/c1-17(2,3)9-11-7-8-12(14(11)10-20)13-5-4-6-15(18)16(13)19;1-4-9(2)15-13(17)10-5-6-11(14-8-16)12(7-10)18-3;7-5-3-1-2-4-6(5)8;1-2/h4-6,11-12,14H,7-9H2,1-3H3;5-9H,4H2,1-3H3,(H,14,16)(H,15,17);1-4H;1-2H3. The molecular formula is C38H49Cl2F2N3O3. The van der Waals surface area contributed by atoms with Crippen molar-refractivity contribution in [3.05, 3.63) is 93.5 Å². The maximum absolute atomic E-state index is 14.2. The summed E-state index contributed by atoms with van der Waals surface area (Å²) in [6.07, 6.45) is 4.30. The number of nitrogens with one attached hydrogen (secondary N) is 2. The second-order valence-electron chi connectivity index (χ2n) is 12.4. The zero-order valence-corrected chi connectivity index (χ0v) is 30.7. The predicted octanol–water partition coefficient (Wildman–Crippen LogP) is 10.8.